The van der Waals surface area contributed by atoms with E-state index >= 15 is 0 Å². The first-order valence-corrected chi connectivity index (χ1v) is 24.7. The molecular weight excluding hydrogens is 707 g/mol. The van der Waals surface area contributed by atoms with Crippen LogP contribution in [0.1, 0.15) is 252 Å². The highest BCUT2D eigenvalue weighted by Gasteiger charge is 2.24. The molecule has 1 amide bonds. The molecule has 0 saturated heterocycles. The summed E-state index contributed by atoms with van der Waals surface area (Å²) in [7, 11) is 0. The van der Waals surface area contributed by atoms with Gasteiger partial charge in [-0.2, -0.15) is 0 Å². The maximum absolute atomic E-state index is 13.1. The summed E-state index contributed by atoms with van der Waals surface area (Å²) in [6, 6.07) is -0.705. The number of esters is 1. The minimum Gasteiger partial charge on any atom is -0.462 e. The number of hydrogen-bond acceptors (Lipinski definition) is 5. The molecular formula is C51H95NO5. The van der Waals surface area contributed by atoms with Crippen molar-refractivity contribution in [3.8, 4) is 0 Å². The highest BCUT2D eigenvalue weighted by molar-refractivity contribution is 5.77. The number of carbonyl (C=O) groups excluding carboxylic acids is 2. The SMILES string of the molecule is CCCCC/C=C\CCCCCC(CC(=O)NC(CO)C(O)CCCCCCCCCCCC)OC(=O)CCCCCCC/C=C/C=C/CCCCCCCCC. The van der Waals surface area contributed by atoms with Gasteiger partial charge >= 0.3 is 5.97 Å². The Kier molecular flexibility index (Phi) is 43.6. The predicted molar refractivity (Wildman–Crippen MR) is 246 cm³/mol. The lowest BCUT2D eigenvalue weighted by Crippen LogP contribution is -2.46. The molecule has 0 spiro atoms. The van der Waals surface area contributed by atoms with Crippen LogP contribution in [0, 0.1) is 0 Å². The number of ether oxygens (including phenoxy) is 1. The first-order valence-electron chi connectivity index (χ1n) is 24.7. The van der Waals surface area contributed by atoms with Crippen molar-refractivity contribution in [3.63, 3.8) is 0 Å². The zero-order valence-corrected chi connectivity index (χ0v) is 38.0. The maximum atomic E-state index is 13.1. The van der Waals surface area contributed by atoms with E-state index in [4.69, 9.17) is 4.74 Å². The summed E-state index contributed by atoms with van der Waals surface area (Å²) in [5, 5.41) is 23.6. The summed E-state index contributed by atoms with van der Waals surface area (Å²) in [5.74, 6) is -0.504. The number of allylic oxidation sites excluding steroid dienone is 6. The molecule has 0 aliphatic carbocycles. The summed E-state index contributed by atoms with van der Waals surface area (Å²) in [5.41, 5.74) is 0. The van der Waals surface area contributed by atoms with Gasteiger partial charge in [-0.05, 0) is 77.0 Å². The molecule has 6 nitrogen and oxygen atoms in total. The van der Waals surface area contributed by atoms with Crippen molar-refractivity contribution >= 4 is 11.9 Å². The van der Waals surface area contributed by atoms with Crippen molar-refractivity contribution < 1.29 is 24.5 Å². The molecule has 0 aromatic heterocycles. The van der Waals surface area contributed by atoms with Crippen LogP contribution < -0.4 is 5.32 Å². The number of aliphatic hydroxyl groups is 2. The van der Waals surface area contributed by atoms with Gasteiger partial charge in [0.15, 0.2) is 0 Å². The van der Waals surface area contributed by atoms with E-state index in [1.54, 1.807) is 0 Å². The fourth-order valence-corrected chi connectivity index (χ4v) is 7.42. The maximum Gasteiger partial charge on any atom is 0.306 e. The van der Waals surface area contributed by atoms with E-state index in [-0.39, 0.29) is 24.9 Å². The number of hydrogen-bond donors (Lipinski definition) is 3. The Morgan fingerprint density at radius 2 is 0.895 bits per heavy atom. The molecule has 3 unspecified atom stereocenters. The molecule has 0 bridgehead atoms. The molecule has 0 aromatic rings. The molecule has 0 aliphatic heterocycles. The van der Waals surface area contributed by atoms with E-state index in [0.29, 0.717) is 19.3 Å². The molecule has 0 aliphatic rings. The van der Waals surface area contributed by atoms with E-state index in [1.807, 2.05) is 0 Å². The smallest absolute Gasteiger partial charge is 0.306 e. The van der Waals surface area contributed by atoms with Crippen LogP contribution >= 0.6 is 0 Å². The number of amides is 1. The van der Waals surface area contributed by atoms with Crippen molar-refractivity contribution in [2.24, 2.45) is 0 Å². The van der Waals surface area contributed by atoms with Crippen LogP contribution in [0.25, 0.3) is 0 Å². The lowest BCUT2D eigenvalue weighted by Gasteiger charge is -2.24. The van der Waals surface area contributed by atoms with Crippen molar-refractivity contribution in [1.29, 1.82) is 0 Å². The number of carbonyl (C=O) groups is 2. The van der Waals surface area contributed by atoms with Crippen LogP contribution in [0.5, 0.6) is 0 Å². The quantitative estimate of drug-likeness (QED) is 0.0247. The number of nitrogens with one attached hydrogen (secondary N) is 1. The predicted octanol–water partition coefficient (Wildman–Crippen LogP) is 14.5. The van der Waals surface area contributed by atoms with E-state index in [9.17, 15) is 19.8 Å². The van der Waals surface area contributed by atoms with Crippen molar-refractivity contribution in [2.45, 2.75) is 270 Å². The van der Waals surface area contributed by atoms with Crippen LogP contribution in [-0.2, 0) is 14.3 Å². The average Bonchev–Trinajstić information content (AvgIpc) is 3.20. The summed E-state index contributed by atoms with van der Waals surface area (Å²) in [6.07, 6.45) is 52.1. The van der Waals surface area contributed by atoms with Crippen molar-refractivity contribution in [2.75, 3.05) is 6.61 Å². The third kappa shape index (κ3) is 40.6. The minimum atomic E-state index is -0.790. The summed E-state index contributed by atoms with van der Waals surface area (Å²) >= 11 is 0. The lowest BCUT2D eigenvalue weighted by atomic mass is 10.0. The van der Waals surface area contributed by atoms with Gasteiger partial charge in [0.1, 0.15) is 6.10 Å². The third-order valence-corrected chi connectivity index (χ3v) is 11.2. The molecule has 3 N–H and O–H groups in total. The Morgan fingerprint density at radius 1 is 0.509 bits per heavy atom. The average molecular weight is 802 g/mol. The standard InChI is InChI=1S/C51H95NO5/c1-4-7-10-13-16-19-22-23-24-25-26-27-28-29-32-35-38-41-44-51(56)57-47(42-39-36-33-30-20-17-14-11-8-5-2)45-50(55)52-48(46-53)49(54)43-40-37-34-31-21-18-15-12-9-6-3/h17,20,24-27,47-49,53-54H,4-16,18-19,21-23,28-46H2,1-3H3,(H,52,55)/b20-17-,25-24+,27-26+. The van der Waals surface area contributed by atoms with Gasteiger partial charge in [0, 0.05) is 6.42 Å². The van der Waals surface area contributed by atoms with E-state index in [0.717, 1.165) is 83.5 Å². The van der Waals surface area contributed by atoms with Crippen LogP contribution in [0.4, 0.5) is 0 Å². The number of aliphatic hydroxyl groups excluding tert-OH is 2. The molecule has 334 valence electrons. The van der Waals surface area contributed by atoms with Gasteiger partial charge in [-0.3, -0.25) is 9.59 Å². The molecule has 3 atom stereocenters. The largest absolute Gasteiger partial charge is 0.462 e. The summed E-state index contributed by atoms with van der Waals surface area (Å²) in [6.45, 7) is 6.43. The van der Waals surface area contributed by atoms with Crippen LogP contribution in [-0.4, -0.2) is 46.9 Å². The minimum absolute atomic E-state index is 0.0619. The van der Waals surface area contributed by atoms with E-state index in [2.05, 4.69) is 62.5 Å². The van der Waals surface area contributed by atoms with Gasteiger partial charge in [0.05, 0.1) is 25.2 Å². The normalized spacial score (nSPS) is 13.6. The van der Waals surface area contributed by atoms with Gasteiger partial charge in [-0.25, -0.2) is 0 Å². The van der Waals surface area contributed by atoms with E-state index in [1.165, 1.54) is 122 Å². The first kappa shape index (κ1) is 55.1. The Labute approximate surface area is 353 Å². The Bertz CT molecular complexity index is 946. The summed E-state index contributed by atoms with van der Waals surface area (Å²) < 4.78 is 5.90. The van der Waals surface area contributed by atoms with Gasteiger partial charge in [-0.1, -0.05) is 198 Å². The van der Waals surface area contributed by atoms with Crippen LogP contribution in [0.15, 0.2) is 36.5 Å². The Balaban J connectivity index is 4.53. The zero-order valence-electron chi connectivity index (χ0n) is 38.0. The topological polar surface area (TPSA) is 95.9 Å². The second kappa shape index (κ2) is 45.2. The molecule has 57 heavy (non-hydrogen) atoms. The zero-order chi connectivity index (χ0) is 41.7. The molecule has 0 rings (SSSR count). The van der Waals surface area contributed by atoms with E-state index < -0.39 is 18.2 Å². The molecule has 0 radical (unpaired) electrons. The van der Waals surface area contributed by atoms with Gasteiger partial charge < -0.3 is 20.3 Å². The fourth-order valence-electron chi connectivity index (χ4n) is 7.42. The Hall–Kier alpha value is -1.92. The van der Waals surface area contributed by atoms with Gasteiger partial charge in [0.2, 0.25) is 5.91 Å². The van der Waals surface area contributed by atoms with Crippen molar-refractivity contribution in [3.05, 3.63) is 36.5 Å². The molecule has 0 saturated carbocycles. The first-order chi connectivity index (χ1) is 28.0. The van der Waals surface area contributed by atoms with Gasteiger partial charge in [0.25, 0.3) is 0 Å². The molecule has 0 heterocycles. The number of unbranched alkanes of at least 4 members (excludes halogenated alkanes) is 27. The molecule has 0 fully saturated rings. The van der Waals surface area contributed by atoms with Crippen LogP contribution in [0.2, 0.25) is 0 Å². The lowest BCUT2D eigenvalue weighted by molar-refractivity contribution is -0.151. The molecule has 6 heteroatoms. The van der Waals surface area contributed by atoms with Crippen molar-refractivity contribution in [1.82, 2.24) is 5.32 Å². The van der Waals surface area contributed by atoms with Crippen LogP contribution in [0.3, 0.4) is 0 Å². The highest BCUT2D eigenvalue weighted by Crippen LogP contribution is 2.17. The monoisotopic (exact) mass is 802 g/mol. The second-order valence-corrected chi connectivity index (χ2v) is 16.9. The van der Waals surface area contributed by atoms with Gasteiger partial charge in [-0.15, -0.1) is 0 Å². The molecule has 0 aromatic carbocycles. The highest BCUT2D eigenvalue weighted by atomic mass is 16.5. The summed E-state index contributed by atoms with van der Waals surface area (Å²) in [4.78, 5) is 26.0. The third-order valence-electron chi connectivity index (χ3n) is 11.2. The fraction of sp³-hybridized carbons (Fsp3) is 0.843. The number of rotatable bonds is 44. The second-order valence-electron chi connectivity index (χ2n) is 16.9. The Morgan fingerprint density at radius 3 is 1.40 bits per heavy atom.